The van der Waals surface area contributed by atoms with Crippen molar-refractivity contribution in [2.45, 2.75) is 32.4 Å². The van der Waals surface area contributed by atoms with Gasteiger partial charge >= 0.3 is 0 Å². The molecule has 0 bridgehead atoms. The Hall–Kier alpha value is -0.900. The molecule has 2 rings (SSSR count). The van der Waals surface area contributed by atoms with E-state index >= 15 is 0 Å². The normalized spacial score (nSPS) is 21.5. The van der Waals surface area contributed by atoms with E-state index in [1.165, 1.54) is 31.6 Å². The maximum absolute atomic E-state index is 3.51. The van der Waals surface area contributed by atoms with E-state index in [0.29, 0.717) is 12.1 Å². The minimum absolute atomic E-state index is 0.550. The fourth-order valence-electron chi connectivity index (χ4n) is 2.89. The predicted molar refractivity (Wildman–Crippen MR) is 86.0 cm³/mol. The van der Waals surface area contributed by atoms with Crippen LogP contribution in [0.3, 0.4) is 0 Å². The van der Waals surface area contributed by atoms with Crippen LogP contribution >= 0.6 is 0 Å². The summed E-state index contributed by atoms with van der Waals surface area (Å²) in [5.74, 6) is 0. The highest BCUT2D eigenvalue weighted by molar-refractivity contribution is 5.20. The van der Waals surface area contributed by atoms with Gasteiger partial charge in [0.15, 0.2) is 0 Å². The second kappa shape index (κ2) is 7.77. The van der Waals surface area contributed by atoms with Crippen LogP contribution < -0.4 is 5.32 Å². The molecular formula is C17H29N3. The summed E-state index contributed by atoms with van der Waals surface area (Å²) in [6.45, 7) is 10.2. The molecule has 1 atom stereocenters. The third-order valence-corrected chi connectivity index (χ3v) is 4.05. The largest absolute Gasteiger partial charge is 0.314 e. The summed E-state index contributed by atoms with van der Waals surface area (Å²) in [4.78, 5) is 5.10. The molecule has 1 aliphatic rings. The van der Waals surface area contributed by atoms with E-state index in [9.17, 15) is 0 Å². The minimum atomic E-state index is 0.550. The van der Waals surface area contributed by atoms with E-state index in [4.69, 9.17) is 0 Å². The standard InChI is InChI=1S/C17H29N3/c1-15(2)18-10-7-11-20-13-12-19(3)14-17(20)16-8-5-4-6-9-16/h4-6,8-9,15,17-18H,7,10-14H2,1-3H3. The molecule has 0 saturated carbocycles. The molecule has 112 valence electrons. The highest BCUT2D eigenvalue weighted by atomic mass is 15.3. The fraction of sp³-hybridized carbons (Fsp3) is 0.647. The van der Waals surface area contributed by atoms with E-state index in [1.54, 1.807) is 0 Å². The smallest absolute Gasteiger partial charge is 0.0475 e. The van der Waals surface area contributed by atoms with Crippen LogP contribution in [0.1, 0.15) is 31.9 Å². The number of hydrogen-bond acceptors (Lipinski definition) is 3. The maximum Gasteiger partial charge on any atom is 0.0475 e. The Labute approximate surface area is 124 Å². The Bertz CT molecular complexity index is 377. The summed E-state index contributed by atoms with van der Waals surface area (Å²) >= 11 is 0. The fourth-order valence-corrected chi connectivity index (χ4v) is 2.89. The topological polar surface area (TPSA) is 18.5 Å². The van der Waals surface area contributed by atoms with Gasteiger partial charge in [0.1, 0.15) is 0 Å². The number of rotatable bonds is 6. The van der Waals surface area contributed by atoms with Gasteiger partial charge in [0, 0.05) is 38.3 Å². The molecule has 1 fully saturated rings. The second-order valence-corrected chi connectivity index (χ2v) is 6.19. The molecule has 1 unspecified atom stereocenters. The molecule has 0 radical (unpaired) electrons. The molecule has 0 aliphatic carbocycles. The van der Waals surface area contributed by atoms with Gasteiger partial charge in [-0.3, -0.25) is 4.90 Å². The third kappa shape index (κ3) is 4.58. The van der Waals surface area contributed by atoms with Gasteiger partial charge in [0.05, 0.1) is 0 Å². The lowest BCUT2D eigenvalue weighted by atomic mass is 10.0. The first kappa shape index (κ1) is 15.5. The van der Waals surface area contributed by atoms with Gasteiger partial charge in [0.25, 0.3) is 0 Å². The van der Waals surface area contributed by atoms with Crippen molar-refractivity contribution in [2.24, 2.45) is 0 Å². The second-order valence-electron chi connectivity index (χ2n) is 6.19. The number of likely N-dealkylation sites (N-methyl/N-ethyl adjacent to an activating group) is 1. The van der Waals surface area contributed by atoms with Crippen molar-refractivity contribution >= 4 is 0 Å². The van der Waals surface area contributed by atoms with Crippen molar-refractivity contribution in [3.8, 4) is 0 Å². The zero-order chi connectivity index (χ0) is 14.4. The molecular weight excluding hydrogens is 246 g/mol. The highest BCUT2D eigenvalue weighted by Gasteiger charge is 2.25. The van der Waals surface area contributed by atoms with Crippen molar-refractivity contribution in [3.05, 3.63) is 35.9 Å². The summed E-state index contributed by atoms with van der Waals surface area (Å²) in [5, 5.41) is 3.51. The van der Waals surface area contributed by atoms with E-state index < -0.39 is 0 Å². The van der Waals surface area contributed by atoms with Crippen LogP contribution in [0, 0.1) is 0 Å². The molecule has 1 aromatic rings. The van der Waals surface area contributed by atoms with Gasteiger partial charge in [-0.15, -0.1) is 0 Å². The van der Waals surface area contributed by atoms with Crippen LogP contribution in [-0.2, 0) is 0 Å². The van der Waals surface area contributed by atoms with E-state index in [1.807, 2.05) is 0 Å². The molecule has 20 heavy (non-hydrogen) atoms. The zero-order valence-electron chi connectivity index (χ0n) is 13.2. The Balaban J connectivity index is 1.91. The summed E-state index contributed by atoms with van der Waals surface area (Å²) < 4.78 is 0. The molecule has 1 N–H and O–H groups in total. The quantitative estimate of drug-likeness (QED) is 0.804. The summed E-state index contributed by atoms with van der Waals surface area (Å²) in [5.41, 5.74) is 1.45. The van der Waals surface area contributed by atoms with Crippen molar-refractivity contribution in [3.63, 3.8) is 0 Å². The van der Waals surface area contributed by atoms with Gasteiger partial charge in [-0.25, -0.2) is 0 Å². The average molecular weight is 275 g/mol. The summed E-state index contributed by atoms with van der Waals surface area (Å²) in [7, 11) is 2.23. The Morgan fingerprint density at radius 2 is 1.95 bits per heavy atom. The number of piperazine rings is 1. The van der Waals surface area contributed by atoms with Gasteiger partial charge in [-0.05, 0) is 25.6 Å². The average Bonchev–Trinajstić information content (AvgIpc) is 2.45. The van der Waals surface area contributed by atoms with Crippen LogP contribution in [0.4, 0.5) is 0 Å². The van der Waals surface area contributed by atoms with Gasteiger partial charge in [-0.1, -0.05) is 44.2 Å². The number of benzene rings is 1. The molecule has 0 amide bonds. The lowest BCUT2D eigenvalue weighted by Gasteiger charge is -2.40. The number of nitrogens with one attached hydrogen (secondary N) is 1. The van der Waals surface area contributed by atoms with Crippen LogP contribution in [0.5, 0.6) is 0 Å². The number of nitrogens with zero attached hydrogens (tertiary/aromatic N) is 2. The van der Waals surface area contributed by atoms with Crippen LogP contribution in [-0.4, -0.2) is 55.6 Å². The van der Waals surface area contributed by atoms with Crippen molar-refractivity contribution in [1.29, 1.82) is 0 Å². The van der Waals surface area contributed by atoms with Gasteiger partial charge < -0.3 is 10.2 Å². The summed E-state index contributed by atoms with van der Waals surface area (Å²) in [6, 6.07) is 12.1. The third-order valence-electron chi connectivity index (χ3n) is 4.05. The predicted octanol–water partition coefficient (Wildman–Crippen LogP) is 2.36. The molecule has 1 saturated heterocycles. The molecule has 3 nitrogen and oxygen atoms in total. The Morgan fingerprint density at radius 1 is 1.20 bits per heavy atom. The highest BCUT2D eigenvalue weighted by Crippen LogP contribution is 2.24. The Kier molecular flexibility index (Phi) is 6.02. The van der Waals surface area contributed by atoms with Gasteiger partial charge in [0.2, 0.25) is 0 Å². The monoisotopic (exact) mass is 275 g/mol. The van der Waals surface area contributed by atoms with Crippen LogP contribution in [0.15, 0.2) is 30.3 Å². The molecule has 3 heteroatoms. The first-order valence-corrected chi connectivity index (χ1v) is 7.87. The first-order chi connectivity index (χ1) is 9.66. The Morgan fingerprint density at radius 3 is 2.65 bits per heavy atom. The molecule has 1 heterocycles. The van der Waals surface area contributed by atoms with Crippen LogP contribution in [0.2, 0.25) is 0 Å². The number of hydrogen-bond donors (Lipinski definition) is 1. The first-order valence-electron chi connectivity index (χ1n) is 7.87. The van der Waals surface area contributed by atoms with Crippen molar-refractivity contribution in [2.75, 3.05) is 39.8 Å². The lowest BCUT2D eigenvalue weighted by Crippen LogP contribution is -2.47. The van der Waals surface area contributed by atoms with E-state index in [0.717, 1.165) is 13.1 Å². The SMILES string of the molecule is CC(C)NCCCN1CCN(C)CC1c1ccccc1. The van der Waals surface area contributed by atoms with Crippen molar-refractivity contribution < 1.29 is 0 Å². The molecule has 0 spiro atoms. The van der Waals surface area contributed by atoms with Crippen LogP contribution in [0.25, 0.3) is 0 Å². The van der Waals surface area contributed by atoms with E-state index in [-0.39, 0.29) is 0 Å². The molecule has 1 aliphatic heterocycles. The maximum atomic E-state index is 3.51. The molecule has 1 aromatic carbocycles. The van der Waals surface area contributed by atoms with Gasteiger partial charge in [-0.2, -0.15) is 0 Å². The van der Waals surface area contributed by atoms with Crippen molar-refractivity contribution in [1.82, 2.24) is 15.1 Å². The van der Waals surface area contributed by atoms with E-state index in [2.05, 4.69) is 66.3 Å². The molecule has 0 aromatic heterocycles. The minimum Gasteiger partial charge on any atom is -0.314 e. The summed E-state index contributed by atoms with van der Waals surface area (Å²) in [6.07, 6.45) is 1.23. The zero-order valence-corrected chi connectivity index (χ0v) is 13.2. The lowest BCUT2D eigenvalue weighted by molar-refractivity contribution is 0.0887.